The predicted octanol–water partition coefficient (Wildman–Crippen LogP) is 0.515. The molecule has 1 aliphatic heterocycles. The number of hydrogen-bond acceptors (Lipinski definition) is 5. The van der Waals surface area contributed by atoms with E-state index in [1.54, 1.807) is 12.1 Å². The Hall–Kier alpha value is -1.82. The quantitative estimate of drug-likeness (QED) is 0.738. The van der Waals surface area contributed by atoms with Crippen LogP contribution in [0.1, 0.15) is 23.8 Å². The Labute approximate surface area is 113 Å². The van der Waals surface area contributed by atoms with Gasteiger partial charge in [-0.1, -0.05) is 6.92 Å². The van der Waals surface area contributed by atoms with Gasteiger partial charge in [-0.05, 0) is 38.1 Å². The van der Waals surface area contributed by atoms with Crippen molar-refractivity contribution in [1.82, 2.24) is 9.88 Å². The fourth-order valence-corrected chi connectivity index (χ4v) is 2.47. The highest BCUT2D eigenvalue weighted by Crippen LogP contribution is 2.23. The smallest absolute Gasteiger partial charge is 0.267 e. The van der Waals surface area contributed by atoms with Gasteiger partial charge in [0.1, 0.15) is 11.5 Å². The van der Waals surface area contributed by atoms with Crippen LogP contribution in [0.3, 0.4) is 0 Å². The molecule has 1 amide bonds. The molecule has 1 aromatic rings. The molecule has 2 rings (SSSR count). The van der Waals surface area contributed by atoms with Gasteiger partial charge in [-0.3, -0.25) is 4.79 Å². The van der Waals surface area contributed by atoms with E-state index in [4.69, 9.17) is 11.5 Å². The summed E-state index contributed by atoms with van der Waals surface area (Å²) >= 11 is 0. The van der Waals surface area contributed by atoms with Crippen molar-refractivity contribution in [2.75, 3.05) is 31.2 Å². The fraction of sp³-hybridized carbons (Fsp3) is 0.538. The van der Waals surface area contributed by atoms with Gasteiger partial charge in [0.15, 0.2) is 0 Å². The van der Waals surface area contributed by atoms with Crippen molar-refractivity contribution in [3.63, 3.8) is 0 Å². The number of hydrogen-bond donors (Lipinski definition) is 3. The Morgan fingerprint density at radius 3 is 2.89 bits per heavy atom. The molecular formula is C13H21N5O. The van der Waals surface area contributed by atoms with E-state index >= 15 is 0 Å². The number of aromatic nitrogens is 1. The number of amides is 1. The topological polar surface area (TPSA) is 97.3 Å². The molecule has 1 fully saturated rings. The first kappa shape index (κ1) is 13.6. The molecule has 1 aromatic heterocycles. The van der Waals surface area contributed by atoms with Crippen LogP contribution in [0.15, 0.2) is 12.1 Å². The highest BCUT2D eigenvalue weighted by molar-refractivity contribution is 5.91. The summed E-state index contributed by atoms with van der Waals surface area (Å²) in [4.78, 5) is 17.6. The molecule has 2 unspecified atom stereocenters. The number of nitrogens with one attached hydrogen (secondary N) is 1. The van der Waals surface area contributed by atoms with Gasteiger partial charge < -0.3 is 21.7 Å². The van der Waals surface area contributed by atoms with Crippen molar-refractivity contribution in [2.24, 2.45) is 11.7 Å². The SMILES string of the molecule is CC1CN(C)CCC1Nc1nc(C(N)=O)ccc1N. The van der Waals surface area contributed by atoms with E-state index in [2.05, 4.69) is 29.2 Å². The zero-order valence-corrected chi connectivity index (χ0v) is 11.4. The van der Waals surface area contributed by atoms with Crippen LogP contribution in [0.2, 0.25) is 0 Å². The average Bonchev–Trinajstić information content (AvgIpc) is 2.34. The second-order valence-electron chi connectivity index (χ2n) is 5.28. The normalized spacial score (nSPS) is 24.1. The standard InChI is InChI=1S/C13H21N5O/c1-8-7-18(2)6-5-10(8)16-13-9(14)3-4-11(17-13)12(15)19/h3-4,8,10H,5-7,14H2,1-2H3,(H2,15,19)(H,16,17). The molecule has 1 saturated heterocycles. The summed E-state index contributed by atoms with van der Waals surface area (Å²) in [6.07, 6.45) is 1.03. The summed E-state index contributed by atoms with van der Waals surface area (Å²) in [7, 11) is 2.12. The average molecular weight is 263 g/mol. The molecule has 5 N–H and O–H groups in total. The Bertz CT molecular complexity index is 476. The Morgan fingerprint density at radius 2 is 2.26 bits per heavy atom. The van der Waals surface area contributed by atoms with Gasteiger partial charge in [0.2, 0.25) is 0 Å². The minimum absolute atomic E-state index is 0.234. The number of rotatable bonds is 3. The number of nitrogens with two attached hydrogens (primary N) is 2. The van der Waals surface area contributed by atoms with Gasteiger partial charge in [-0.15, -0.1) is 0 Å². The summed E-state index contributed by atoms with van der Waals surface area (Å²) in [5, 5.41) is 3.34. The highest BCUT2D eigenvalue weighted by atomic mass is 16.1. The van der Waals surface area contributed by atoms with Gasteiger partial charge in [0, 0.05) is 12.6 Å². The zero-order chi connectivity index (χ0) is 14.0. The van der Waals surface area contributed by atoms with Crippen LogP contribution < -0.4 is 16.8 Å². The van der Waals surface area contributed by atoms with Gasteiger partial charge in [0.25, 0.3) is 5.91 Å². The molecule has 0 saturated carbocycles. The van der Waals surface area contributed by atoms with Crippen molar-refractivity contribution >= 4 is 17.4 Å². The largest absolute Gasteiger partial charge is 0.396 e. The van der Waals surface area contributed by atoms with Crippen molar-refractivity contribution in [3.8, 4) is 0 Å². The third kappa shape index (κ3) is 3.14. The maximum Gasteiger partial charge on any atom is 0.267 e. The minimum atomic E-state index is -0.542. The molecule has 0 radical (unpaired) electrons. The monoisotopic (exact) mass is 263 g/mol. The molecule has 2 atom stereocenters. The molecule has 0 spiro atoms. The molecule has 6 heteroatoms. The number of pyridine rings is 1. The second kappa shape index (κ2) is 5.44. The maximum atomic E-state index is 11.1. The van der Waals surface area contributed by atoms with Crippen molar-refractivity contribution < 1.29 is 4.79 Å². The van der Waals surface area contributed by atoms with Crippen LogP contribution >= 0.6 is 0 Å². The number of nitrogen functional groups attached to an aromatic ring is 1. The van der Waals surface area contributed by atoms with E-state index in [-0.39, 0.29) is 5.69 Å². The van der Waals surface area contributed by atoms with E-state index in [1.807, 2.05) is 0 Å². The lowest BCUT2D eigenvalue weighted by molar-refractivity contribution is 0.0995. The number of piperidine rings is 1. The van der Waals surface area contributed by atoms with Crippen LogP contribution in [0, 0.1) is 5.92 Å². The number of carbonyl (C=O) groups is 1. The number of anilines is 2. The first-order valence-electron chi connectivity index (χ1n) is 6.48. The molecule has 6 nitrogen and oxygen atoms in total. The van der Waals surface area contributed by atoms with Gasteiger partial charge in [-0.2, -0.15) is 0 Å². The van der Waals surface area contributed by atoms with Gasteiger partial charge in [-0.25, -0.2) is 4.98 Å². The maximum absolute atomic E-state index is 11.1. The Balaban J connectivity index is 2.14. The number of nitrogens with zero attached hydrogens (tertiary/aromatic N) is 2. The first-order chi connectivity index (χ1) is 8.97. The third-order valence-electron chi connectivity index (χ3n) is 3.61. The summed E-state index contributed by atoms with van der Waals surface area (Å²) in [5.74, 6) is 0.509. The van der Waals surface area contributed by atoms with Crippen LogP contribution in [-0.2, 0) is 0 Å². The van der Waals surface area contributed by atoms with E-state index in [0.29, 0.717) is 23.5 Å². The first-order valence-corrected chi connectivity index (χ1v) is 6.48. The Morgan fingerprint density at radius 1 is 1.53 bits per heavy atom. The lowest BCUT2D eigenvalue weighted by Crippen LogP contribution is -2.43. The summed E-state index contributed by atoms with van der Waals surface area (Å²) in [6, 6.07) is 3.52. The number of carbonyl (C=O) groups excluding carboxylic acids is 1. The second-order valence-corrected chi connectivity index (χ2v) is 5.28. The van der Waals surface area contributed by atoms with Gasteiger partial charge >= 0.3 is 0 Å². The third-order valence-corrected chi connectivity index (χ3v) is 3.61. The van der Waals surface area contributed by atoms with Gasteiger partial charge in [0.05, 0.1) is 5.69 Å². The fourth-order valence-electron chi connectivity index (χ4n) is 2.47. The lowest BCUT2D eigenvalue weighted by Gasteiger charge is -2.35. The summed E-state index contributed by atoms with van der Waals surface area (Å²) < 4.78 is 0. The van der Waals surface area contributed by atoms with Crippen LogP contribution in [-0.4, -0.2) is 42.0 Å². The van der Waals surface area contributed by atoms with E-state index in [1.165, 1.54) is 0 Å². The zero-order valence-electron chi connectivity index (χ0n) is 11.4. The molecular weight excluding hydrogens is 242 g/mol. The number of likely N-dealkylation sites (tertiary alicyclic amines) is 1. The Kier molecular flexibility index (Phi) is 3.90. The van der Waals surface area contributed by atoms with E-state index < -0.39 is 5.91 Å². The van der Waals surface area contributed by atoms with E-state index in [0.717, 1.165) is 19.5 Å². The molecule has 2 heterocycles. The predicted molar refractivity (Wildman–Crippen MR) is 75.9 cm³/mol. The van der Waals surface area contributed by atoms with Crippen molar-refractivity contribution in [2.45, 2.75) is 19.4 Å². The number of primary amides is 1. The van der Waals surface area contributed by atoms with Crippen LogP contribution in [0.4, 0.5) is 11.5 Å². The molecule has 0 aliphatic carbocycles. The molecule has 0 bridgehead atoms. The minimum Gasteiger partial charge on any atom is -0.396 e. The summed E-state index contributed by atoms with van der Waals surface area (Å²) in [5.41, 5.74) is 11.9. The van der Waals surface area contributed by atoms with Crippen molar-refractivity contribution in [1.29, 1.82) is 0 Å². The highest BCUT2D eigenvalue weighted by Gasteiger charge is 2.25. The molecule has 1 aliphatic rings. The molecule has 0 aromatic carbocycles. The van der Waals surface area contributed by atoms with Crippen molar-refractivity contribution in [3.05, 3.63) is 17.8 Å². The molecule has 19 heavy (non-hydrogen) atoms. The van der Waals surface area contributed by atoms with Crippen LogP contribution in [0.25, 0.3) is 0 Å². The summed E-state index contributed by atoms with van der Waals surface area (Å²) in [6.45, 7) is 4.27. The van der Waals surface area contributed by atoms with Crippen LogP contribution in [0.5, 0.6) is 0 Å². The molecule has 104 valence electrons. The van der Waals surface area contributed by atoms with E-state index in [9.17, 15) is 4.79 Å². The lowest BCUT2D eigenvalue weighted by atomic mass is 9.94.